The highest BCUT2D eigenvalue weighted by Gasteiger charge is 2.04. The molecule has 2 aromatic rings. The zero-order valence-corrected chi connectivity index (χ0v) is 14.8. The van der Waals surface area contributed by atoms with Crippen LogP contribution in [0.5, 0.6) is 0 Å². The number of nitrogens with zero attached hydrogens (tertiary/aromatic N) is 1. The molecule has 0 spiro atoms. The van der Waals surface area contributed by atoms with Crippen molar-refractivity contribution in [3.63, 3.8) is 0 Å². The van der Waals surface area contributed by atoms with Gasteiger partial charge in [0, 0.05) is 18.0 Å². The third-order valence-corrected chi connectivity index (χ3v) is 3.68. The summed E-state index contributed by atoms with van der Waals surface area (Å²) < 4.78 is 0. The zero-order chi connectivity index (χ0) is 15.5. The quantitative estimate of drug-likeness (QED) is 0.387. The van der Waals surface area contributed by atoms with Crippen LogP contribution in [0.1, 0.15) is 24.0 Å². The van der Waals surface area contributed by atoms with E-state index in [-0.39, 0.29) is 12.4 Å². The van der Waals surface area contributed by atoms with E-state index in [0.29, 0.717) is 0 Å². The third kappa shape index (κ3) is 8.09. The van der Waals surface area contributed by atoms with E-state index in [0.717, 1.165) is 43.9 Å². The summed E-state index contributed by atoms with van der Waals surface area (Å²) in [5.74, 6) is 7.26. The van der Waals surface area contributed by atoms with E-state index in [4.69, 9.17) is 11.6 Å². The number of halogens is 2. The summed E-state index contributed by atoms with van der Waals surface area (Å²) in [4.78, 5) is 2.39. The van der Waals surface area contributed by atoms with Gasteiger partial charge in [-0.1, -0.05) is 60.4 Å². The predicted molar refractivity (Wildman–Crippen MR) is 102 cm³/mol. The van der Waals surface area contributed by atoms with E-state index in [1.807, 2.05) is 30.3 Å². The van der Waals surface area contributed by atoms with E-state index in [1.54, 1.807) is 0 Å². The standard InChI is InChI=1S/C20H22ClN.ClH/c21-15-7-8-16-22(18-20-12-5-2-6-13-20)17-9-14-19-10-3-1-4-11-19;/h1-6,10-13H,7-8,15-18H2;1H. The van der Waals surface area contributed by atoms with Gasteiger partial charge in [-0.3, -0.25) is 4.90 Å². The van der Waals surface area contributed by atoms with Crippen molar-refractivity contribution in [3.8, 4) is 11.8 Å². The fourth-order valence-electron chi connectivity index (χ4n) is 2.26. The minimum atomic E-state index is 0. The van der Waals surface area contributed by atoms with Crippen molar-refractivity contribution < 1.29 is 0 Å². The van der Waals surface area contributed by atoms with Gasteiger partial charge in [0.1, 0.15) is 0 Å². The summed E-state index contributed by atoms with van der Waals surface area (Å²) in [5.41, 5.74) is 2.40. The molecule has 1 nitrogen and oxygen atoms in total. The maximum atomic E-state index is 5.78. The van der Waals surface area contributed by atoms with Crippen LogP contribution in [0.3, 0.4) is 0 Å². The average molecular weight is 348 g/mol. The molecule has 2 aromatic carbocycles. The Balaban J connectivity index is 0.00000264. The Hall–Kier alpha value is -1.46. The van der Waals surface area contributed by atoms with Crippen LogP contribution >= 0.6 is 24.0 Å². The largest absolute Gasteiger partial charge is 0.288 e. The van der Waals surface area contributed by atoms with Crippen molar-refractivity contribution >= 4 is 24.0 Å². The second-order valence-electron chi connectivity index (χ2n) is 5.26. The molecule has 0 aliphatic rings. The van der Waals surface area contributed by atoms with Gasteiger partial charge in [0.15, 0.2) is 0 Å². The topological polar surface area (TPSA) is 3.24 Å². The van der Waals surface area contributed by atoms with Gasteiger partial charge in [-0.25, -0.2) is 0 Å². The summed E-state index contributed by atoms with van der Waals surface area (Å²) in [6, 6.07) is 20.7. The van der Waals surface area contributed by atoms with Crippen LogP contribution in [0, 0.1) is 11.8 Å². The summed E-state index contributed by atoms with van der Waals surface area (Å²) in [6.45, 7) is 2.75. The number of unbranched alkanes of at least 4 members (excludes halogenated alkanes) is 1. The Kier molecular flexibility index (Phi) is 10.2. The van der Waals surface area contributed by atoms with Crippen LogP contribution in [0.4, 0.5) is 0 Å². The molecule has 2 rings (SSSR count). The monoisotopic (exact) mass is 347 g/mol. The molecule has 0 unspecified atom stereocenters. The number of alkyl halides is 1. The second-order valence-corrected chi connectivity index (χ2v) is 5.64. The lowest BCUT2D eigenvalue weighted by Gasteiger charge is -2.19. The molecule has 3 heteroatoms. The van der Waals surface area contributed by atoms with Gasteiger partial charge in [-0.05, 0) is 37.1 Å². The number of hydrogen-bond acceptors (Lipinski definition) is 1. The van der Waals surface area contributed by atoms with Crippen LogP contribution in [-0.4, -0.2) is 23.9 Å². The van der Waals surface area contributed by atoms with Crippen molar-refractivity contribution in [2.75, 3.05) is 19.0 Å². The Labute approximate surface area is 151 Å². The summed E-state index contributed by atoms with van der Waals surface area (Å²) in [5, 5.41) is 0. The average Bonchev–Trinajstić information content (AvgIpc) is 2.57. The van der Waals surface area contributed by atoms with Gasteiger partial charge in [-0.2, -0.15) is 0 Å². The zero-order valence-electron chi connectivity index (χ0n) is 13.2. The minimum Gasteiger partial charge on any atom is -0.288 e. The normalized spacial score (nSPS) is 9.83. The second kappa shape index (κ2) is 12.0. The maximum absolute atomic E-state index is 5.78. The summed E-state index contributed by atoms with van der Waals surface area (Å²) >= 11 is 5.78. The highest BCUT2D eigenvalue weighted by atomic mass is 35.5. The number of benzene rings is 2. The number of rotatable bonds is 7. The van der Waals surface area contributed by atoms with Gasteiger partial charge >= 0.3 is 0 Å². The van der Waals surface area contributed by atoms with Crippen molar-refractivity contribution in [1.29, 1.82) is 0 Å². The predicted octanol–water partition coefficient (Wildman–Crippen LogP) is 4.98. The first kappa shape index (κ1) is 19.6. The highest BCUT2D eigenvalue weighted by Crippen LogP contribution is 2.06. The molecule has 0 aromatic heterocycles. The molecule has 0 aliphatic carbocycles. The van der Waals surface area contributed by atoms with Crippen LogP contribution in [0.25, 0.3) is 0 Å². The molecule has 0 saturated carbocycles. The Morgan fingerprint density at radius 2 is 1.52 bits per heavy atom. The van der Waals surface area contributed by atoms with Gasteiger partial charge < -0.3 is 0 Å². The van der Waals surface area contributed by atoms with Crippen LogP contribution in [-0.2, 0) is 6.54 Å². The van der Waals surface area contributed by atoms with Gasteiger partial charge in [0.25, 0.3) is 0 Å². The van der Waals surface area contributed by atoms with Crippen LogP contribution in [0.2, 0.25) is 0 Å². The highest BCUT2D eigenvalue weighted by molar-refractivity contribution is 6.17. The molecule has 0 aliphatic heterocycles. The van der Waals surface area contributed by atoms with Crippen molar-refractivity contribution in [1.82, 2.24) is 4.90 Å². The van der Waals surface area contributed by atoms with E-state index in [2.05, 4.69) is 47.1 Å². The first-order chi connectivity index (χ1) is 10.9. The Bertz CT molecular complexity index is 587. The maximum Gasteiger partial charge on any atom is 0.0608 e. The van der Waals surface area contributed by atoms with Gasteiger partial charge in [-0.15, -0.1) is 24.0 Å². The Morgan fingerprint density at radius 3 is 2.17 bits per heavy atom. The lowest BCUT2D eigenvalue weighted by Crippen LogP contribution is -2.25. The SMILES string of the molecule is Cl.ClCCCCN(CC#Cc1ccccc1)Cc1ccccc1. The molecule has 0 atom stereocenters. The van der Waals surface area contributed by atoms with Crippen molar-refractivity contribution in [3.05, 3.63) is 71.8 Å². The first-order valence-electron chi connectivity index (χ1n) is 7.74. The molecule has 23 heavy (non-hydrogen) atoms. The van der Waals surface area contributed by atoms with E-state index in [1.165, 1.54) is 5.56 Å². The summed E-state index contributed by atoms with van der Waals surface area (Å²) in [7, 11) is 0. The van der Waals surface area contributed by atoms with Crippen molar-refractivity contribution in [2.24, 2.45) is 0 Å². The molecule has 0 fully saturated rings. The third-order valence-electron chi connectivity index (χ3n) is 3.42. The van der Waals surface area contributed by atoms with E-state index < -0.39 is 0 Å². The van der Waals surface area contributed by atoms with Crippen molar-refractivity contribution in [2.45, 2.75) is 19.4 Å². The number of hydrogen-bond donors (Lipinski definition) is 0. The van der Waals surface area contributed by atoms with E-state index in [9.17, 15) is 0 Å². The van der Waals surface area contributed by atoms with Gasteiger partial charge in [0.2, 0.25) is 0 Å². The Morgan fingerprint density at radius 1 is 0.870 bits per heavy atom. The fourth-order valence-corrected chi connectivity index (χ4v) is 2.45. The fraction of sp³-hybridized carbons (Fsp3) is 0.300. The molecular formula is C20H23Cl2N. The molecule has 0 heterocycles. The molecule has 0 N–H and O–H groups in total. The summed E-state index contributed by atoms with van der Waals surface area (Å²) in [6.07, 6.45) is 2.17. The van der Waals surface area contributed by atoms with Crippen LogP contribution in [0.15, 0.2) is 60.7 Å². The molecule has 0 saturated heterocycles. The first-order valence-corrected chi connectivity index (χ1v) is 8.28. The van der Waals surface area contributed by atoms with Gasteiger partial charge in [0.05, 0.1) is 6.54 Å². The smallest absolute Gasteiger partial charge is 0.0608 e. The van der Waals surface area contributed by atoms with E-state index >= 15 is 0 Å². The van der Waals surface area contributed by atoms with Crippen LogP contribution < -0.4 is 0 Å². The lowest BCUT2D eigenvalue weighted by molar-refractivity contribution is 0.294. The molecule has 0 amide bonds. The molecule has 0 radical (unpaired) electrons. The molecular weight excluding hydrogens is 325 g/mol. The lowest BCUT2D eigenvalue weighted by atomic mass is 10.2. The minimum absolute atomic E-state index is 0. The molecule has 122 valence electrons. The molecule has 0 bridgehead atoms.